The van der Waals surface area contributed by atoms with Crippen molar-refractivity contribution in [1.29, 1.82) is 0 Å². The van der Waals surface area contributed by atoms with Gasteiger partial charge < -0.3 is 11.5 Å². The molecule has 4 N–H and O–H groups in total. The minimum absolute atomic E-state index is 0.264. The number of likely N-dealkylation sites (tertiary alicyclic amines) is 1. The van der Waals surface area contributed by atoms with Crippen molar-refractivity contribution < 1.29 is 0 Å². The normalized spacial score (nSPS) is 31.5. The van der Waals surface area contributed by atoms with Gasteiger partial charge in [-0.3, -0.25) is 9.89 Å². The smallest absolute Gasteiger partial charge is 0.0940 e. The first-order valence-corrected chi connectivity index (χ1v) is 7.57. The molecular weight excluding hydrogens is 224 g/mol. The topological polar surface area (TPSA) is 67.6 Å². The van der Waals surface area contributed by atoms with E-state index in [4.69, 9.17) is 11.5 Å². The Kier molecular flexibility index (Phi) is 5.45. The summed E-state index contributed by atoms with van der Waals surface area (Å²) in [6.45, 7) is 2.25. The van der Waals surface area contributed by atoms with Gasteiger partial charge in [-0.1, -0.05) is 19.3 Å². The molecule has 4 heteroatoms. The molecule has 0 radical (unpaired) electrons. The Hall–Kier alpha value is -0.610. The van der Waals surface area contributed by atoms with Crippen LogP contribution in [-0.2, 0) is 0 Å². The van der Waals surface area contributed by atoms with Crippen molar-refractivity contribution in [1.82, 2.24) is 4.90 Å². The van der Waals surface area contributed by atoms with Gasteiger partial charge in [0.2, 0.25) is 0 Å². The van der Waals surface area contributed by atoms with E-state index in [-0.39, 0.29) is 6.17 Å². The van der Waals surface area contributed by atoms with E-state index in [1.54, 1.807) is 0 Å². The Morgan fingerprint density at radius 1 is 1.11 bits per heavy atom. The fourth-order valence-electron chi connectivity index (χ4n) is 3.04. The van der Waals surface area contributed by atoms with Crippen molar-refractivity contribution in [3.63, 3.8) is 0 Å². The highest BCUT2D eigenvalue weighted by Gasteiger charge is 2.19. The van der Waals surface area contributed by atoms with Crippen molar-refractivity contribution in [2.75, 3.05) is 13.1 Å². The fraction of sp³-hybridized carbons (Fsp3) is 0.929. The summed E-state index contributed by atoms with van der Waals surface area (Å²) in [6, 6.07) is 0.433. The average Bonchev–Trinajstić information content (AvgIpc) is 2.67. The van der Waals surface area contributed by atoms with Gasteiger partial charge in [0.05, 0.1) is 18.0 Å². The molecule has 2 heterocycles. The molecule has 0 spiro atoms. The number of nitrogens with two attached hydrogens (primary N) is 2. The molecule has 1 saturated heterocycles. The second-order valence-electron chi connectivity index (χ2n) is 5.76. The van der Waals surface area contributed by atoms with E-state index in [1.807, 2.05) is 0 Å². The molecule has 2 rings (SSSR count). The summed E-state index contributed by atoms with van der Waals surface area (Å²) in [7, 11) is 0. The molecule has 1 fully saturated rings. The van der Waals surface area contributed by atoms with E-state index in [0.717, 1.165) is 38.2 Å². The highest BCUT2D eigenvalue weighted by atomic mass is 15.2. The lowest BCUT2D eigenvalue weighted by molar-refractivity contribution is 0.196. The van der Waals surface area contributed by atoms with Gasteiger partial charge in [-0.15, -0.1) is 0 Å². The van der Waals surface area contributed by atoms with Gasteiger partial charge in [-0.25, -0.2) is 0 Å². The maximum absolute atomic E-state index is 6.22. The quantitative estimate of drug-likeness (QED) is 0.805. The van der Waals surface area contributed by atoms with Gasteiger partial charge in [-0.05, 0) is 38.6 Å². The van der Waals surface area contributed by atoms with Gasteiger partial charge in [-0.2, -0.15) is 0 Å². The number of rotatable bonds is 3. The SMILES string of the molecule is NC1=NC(CCN2CCCCCC2N)CCCC1. The minimum Gasteiger partial charge on any atom is -0.387 e. The predicted octanol–water partition coefficient (Wildman–Crippen LogP) is 1.84. The average molecular weight is 252 g/mol. The van der Waals surface area contributed by atoms with Crippen LogP contribution < -0.4 is 11.5 Å². The van der Waals surface area contributed by atoms with Crippen LogP contribution in [0.5, 0.6) is 0 Å². The van der Waals surface area contributed by atoms with Crippen molar-refractivity contribution in [2.24, 2.45) is 16.5 Å². The third-order valence-corrected chi connectivity index (χ3v) is 4.23. The lowest BCUT2D eigenvalue weighted by atomic mass is 10.1. The van der Waals surface area contributed by atoms with Crippen molar-refractivity contribution >= 4 is 5.84 Å². The van der Waals surface area contributed by atoms with Gasteiger partial charge >= 0.3 is 0 Å². The molecule has 2 aliphatic heterocycles. The molecule has 4 nitrogen and oxygen atoms in total. The zero-order valence-corrected chi connectivity index (χ0v) is 11.5. The van der Waals surface area contributed by atoms with E-state index in [9.17, 15) is 0 Å². The van der Waals surface area contributed by atoms with Crippen LogP contribution in [0.25, 0.3) is 0 Å². The molecular formula is C14H28N4. The third kappa shape index (κ3) is 4.25. The minimum atomic E-state index is 0.264. The fourth-order valence-corrected chi connectivity index (χ4v) is 3.04. The highest BCUT2D eigenvalue weighted by molar-refractivity contribution is 5.80. The van der Waals surface area contributed by atoms with Crippen LogP contribution in [0.4, 0.5) is 0 Å². The number of hydrogen-bond acceptors (Lipinski definition) is 4. The Morgan fingerprint density at radius 2 is 1.94 bits per heavy atom. The Labute approximate surface area is 111 Å². The molecule has 0 aliphatic carbocycles. The summed E-state index contributed by atoms with van der Waals surface area (Å²) in [6.07, 6.45) is 11.1. The molecule has 104 valence electrons. The standard InChI is InChI=1S/C14H28N4/c15-13-7-4-3-6-12(17-13)9-11-18-10-5-1-2-8-14(18)16/h12,14H,1-11,16H2,(H2,15,17). The van der Waals surface area contributed by atoms with Crippen LogP contribution in [0.15, 0.2) is 4.99 Å². The number of aliphatic imine (C=N–C) groups is 1. The zero-order valence-electron chi connectivity index (χ0n) is 11.5. The van der Waals surface area contributed by atoms with Crippen LogP contribution in [0, 0.1) is 0 Å². The molecule has 2 atom stereocenters. The van der Waals surface area contributed by atoms with E-state index in [1.165, 1.54) is 38.5 Å². The molecule has 0 amide bonds. The second-order valence-corrected chi connectivity index (χ2v) is 5.76. The Balaban J connectivity index is 1.80. The molecule has 18 heavy (non-hydrogen) atoms. The summed E-state index contributed by atoms with van der Waals surface area (Å²) in [5, 5.41) is 0. The monoisotopic (exact) mass is 252 g/mol. The summed E-state index contributed by atoms with van der Waals surface area (Å²) in [4.78, 5) is 7.08. The summed E-state index contributed by atoms with van der Waals surface area (Å²) < 4.78 is 0. The molecule has 2 unspecified atom stereocenters. The molecule has 0 aromatic rings. The van der Waals surface area contributed by atoms with Crippen LogP contribution in [0.2, 0.25) is 0 Å². The summed E-state index contributed by atoms with van der Waals surface area (Å²) in [5.74, 6) is 0.859. The van der Waals surface area contributed by atoms with E-state index >= 15 is 0 Å². The number of amidine groups is 1. The lowest BCUT2D eigenvalue weighted by Crippen LogP contribution is -2.42. The van der Waals surface area contributed by atoms with E-state index in [2.05, 4.69) is 9.89 Å². The molecule has 2 aliphatic rings. The Bertz CT molecular complexity index is 277. The van der Waals surface area contributed by atoms with Crippen molar-refractivity contribution in [3.05, 3.63) is 0 Å². The van der Waals surface area contributed by atoms with E-state index in [0.29, 0.717) is 6.04 Å². The molecule has 0 saturated carbocycles. The van der Waals surface area contributed by atoms with Crippen LogP contribution in [-0.4, -0.2) is 36.0 Å². The molecule has 0 aromatic carbocycles. The lowest BCUT2D eigenvalue weighted by Gasteiger charge is -2.27. The third-order valence-electron chi connectivity index (χ3n) is 4.23. The Morgan fingerprint density at radius 3 is 2.83 bits per heavy atom. The second kappa shape index (κ2) is 7.10. The van der Waals surface area contributed by atoms with Gasteiger partial charge in [0, 0.05) is 13.0 Å². The summed E-state index contributed by atoms with van der Waals surface area (Å²) in [5.41, 5.74) is 12.1. The predicted molar refractivity (Wildman–Crippen MR) is 76.5 cm³/mol. The van der Waals surface area contributed by atoms with Crippen LogP contribution in [0.1, 0.15) is 57.8 Å². The van der Waals surface area contributed by atoms with Crippen LogP contribution in [0.3, 0.4) is 0 Å². The van der Waals surface area contributed by atoms with Crippen LogP contribution >= 0.6 is 0 Å². The van der Waals surface area contributed by atoms with Gasteiger partial charge in [0.15, 0.2) is 0 Å². The number of nitrogens with zero attached hydrogens (tertiary/aromatic N) is 2. The maximum Gasteiger partial charge on any atom is 0.0940 e. The van der Waals surface area contributed by atoms with Crippen molar-refractivity contribution in [3.8, 4) is 0 Å². The number of hydrogen-bond donors (Lipinski definition) is 2. The van der Waals surface area contributed by atoms with Gasteiger partial charge in [0.1, 0.15) is 0 Å². The highest BCUT2D eigenvalue weighted by Crippen LogP contribution is 2.18. The first kappa shape index (κ1) is 13.8. The maximum atomic E-state index is 6.22. The van der Waals surface area contributed by atoms with Crippen molar-refractivity contribution in [2.45, 2.75) is 70.0 Å². The largest absolute Gasteiger partial charge is 0.387 e. The first-order valence-electron chi connectivity index (χ1n) is 7.57. The molecule has 0 aromatic heterocycles. The molecule has 0 bridgehead atoms. The summed E-state index contributed by atoms with van der Waals surface area (Å²) >= 11 is 0. The first-order chi connectivity index (χ1) is 8.75. The van der Waals surface area contributed by atoms with E-state index < -0.39 is 0 Å². The zero-order chi connectivity index (χ0) is 12.8. The van der Waals surface area contributed by atoms with Gasteiger partial charge in [0.25, 0.3) is 0 Å².